The highest BCUT2D eigenvalue weighted by atomic mass is 32.2. The van der Waals surface area contributed by atoms with Gasteiger partial charge < -0.3 is 10.5 Å². The number of sulfonamides is 1. The number of nitrogens with one attached hydrogen (secondary N) is 2. The molecule has 0 unspecified atom stereocenters. The molecule has 1 amide bonds. The number of carbonyl (C=O) groups excluding carboxylic acids is 1. The summed E-state index contributed by atoms with van der Waals surface area (Å²) in [5.74, 6) is -1.47. The van der Waals surface area contributed by atoms with Gasteiger partial charge in [0.2, 0.25) is 10.0 Å². The molecule has 0 spiro atoms. The van der Waals surface area contributed by atoms with Gasteiger partial charge in [-0.1, -0.05) is 0 Å². The average Bonchev–Trinajstić information content (AvgIpc) is 2.52. The van der Waals surface area contributed by atoms with E-state index < -0.39 is 27.8 Å². The van der Waals surface area contributed by atoms with Crippen LogP contribution in [0.5, 0.6) is 0 Å². The molecule has 5 N–H and O–H groups in total. The minimum Gasteiger partial charge on any atom is -0.380 e. The number of nitrogens with two attached hydrogens (primary N) is 1. The van der Waals surface area contributed by atoms with Crippen LogP contribution in [0.25, 0.3) is 0 Å². The van der Waals surface area contributed by atoms with Gasteiger partial charge in [-0.25, -0.2) is 18.3 Å². The molecule has 0 saturated carbocycles. The smallest absolute Gasteiger partial charge is 0.261 e. The third-order valence-electron chi connectivity index (χ3n) is 2.98. The van der Waals surface area contributed by atoms with Crippen LogP contribution in [0, 0.1) is 12.7 Å². The maximum atomic E-state index is 13.2. The fourth-order valence-electron chi connectivity index (χ4n) is 1.75. The Labute approximate surface area is 133 Å². The Morgan fingerprint density at radius 3 is 2.70 bits per heavy atom. The van der Waals surface area contributed by atoms with Crippen LogP contribution in [0.3, 0.4) is 0 Å². The lowest BCUT2D eigenvalue weighted by atomic mass is 10.2. The van der Waals surface area contributed by atoms with Gasteiger partial charge in [-0.3, -0.25) is 10.0 Å². The van der Waals surface area contributed by atoms with E-state index in [1.807, 2.05) is 0 Å². The second-order valence-electron chi connectivity index (χ2n) is 4.75. The van der Waals surface area contributed by atoms with E-state index in [1.165, 1.54) is 12.4 Å². The number of benzene rings is 1. The van der Waals surface area contributed by atoms with E-state index in [0.29, 0.717) is 0 Å². The first-order valence-corrected chi connectivity index (χ1v) is 8.30. The molecular weight excluding hydrogens is 329 g/mol. The van der Waals surface area contributed by atoms with Gasteiger partial charge in [0.1, 0.15) is 11.9 Å². The van der Waals surface area contributed by atoms with Crippen molar-refractivity contribution in [3.63, 3.8) is 0 Å². The molecule has 0 aliphatic rings. The number of rotatable bonds is 9. The highest BCUT2D eigenvalue weighted by Crippen LogP contribution is 2.15. The molecule has 1 rings (SSSR count). The van der Waals surface area contributed by atoms with E-state index in [1.54, 1.807) is 0 Å². The van der Waals surface area contributed by atoms with Gasteiger partial charge in [-0.05, 0) is 37.1 Å². The van der Waals surface area contributed by atoms with Gasteiger partial charge in [-0.2, -0.15) is 4.72 Å². The normalized spacial score (nSPS) is 12.9. The number of hydrogen-bond acceptors (Lipinski definition) is 6. The minimum absolute atomic E-state index is 0.00813. The summed E-state index contributed by atoms with van der Waals surface area (Å²) in [4.78, 5) is 11.4. The van der Waals surface area contributed by atoms with Crippen LogP contribution in [0.4, 0.5) is 4.39 Å². The highest BCUT2D eigenvalue weighted by molar-refractivity contribution is 7.89. The van der Waals surface area contributed by atoms with Crippen LogP contribution >= 0.6 is 0 Å². The van der Waals surface area contributed by atoms with Crippen molar-refractivity contribution in [1.82, 2.24) is 10.2 Å². The monoisotopic (exact) mass is 349 g/mol. The lowest BCUT2D eigenvalue weighted by Gasteiger charge is -2.17. The van der Waals surface area contributed by atoms with E-state index in [-0.39, 0.29) is 36.6 Å². The van der Waals surface area contributed by atoms with Crippen molar-refractivity contribution < 1.29 is 27.5 Å². The van der Waals surface area contributed by atoms with Crippen molar-refractivity contribution >= 4 is 15.9 Å². The van der Waals surface area contributed by atoms with E-state index in [2.05, 4.69) is 4.72 Å². The van der Waals surface area contributed by atoms with Gasteiger partial charge >= 0.3 is 0 Å². The van der Waals surface area contributed by atoms with Crippen LogP contribution < -0.4 is 15.9 Å². The molecule has 1 aromatic carbocycles. The summed E-state index contributed by atoms with van der Waals surface area (Å²) in [7, 11) is -4.07. The number of ether oxygens (including phenoxy) is 1. The Hall–Kier alpha value is -1.59. The maximum absolute atomic E-state index is 13.2. The van der Waals surface area contributed by atoms with Crippen LogP contribution in [0.1, 0.15) is 12.0 Å². The molecule has 1 aromatic rings. The predicted molar refractivity (Wildman–Crippen MR) is 79.7 cm³/mol. The number of halogens is 1. The van der Waals surface area contributed by atoms with Gasteiger partial charge in [0.15, 0.2) is 0 Å². The standard InChI is InChI=1S/C13H20FN3O5S/c1-9-8-10(2-3-11(9)14)23(20,21)17-12(13(18)16-19)4-6-22-7-5-15/h2-3,8,12,17,19H,4-7,15H2,1H3,(H,16,18)/t12-/m1/s1. The average molecular weight is 349 g/mol. The van der Waals surface area contributed by atoms with Gasteiger partial charge in [0.25, 0.3) is 5.91 Å². The van der Waals surface area contributed by atoms with Crippen LogP contribution in [-0.4, -0.2) is 45.3 Å². The number of carbonyl (C=O) groups is 1. The summed E-state index contributed by atoms with van der Waals surface area (Å²) >= 11 is 0. The molecule has 0 bridgehead atoms. The molecule has 0 aliphatic heterocycles. The zero-order valence-corrected chi connectivity index (χ0v) is 13.4. The number of hydroxylamine groups is 1. The van der Waals surface area contributed by atoms with Crippen molar-refractivity contribution in [1.29, 1.82) is 0 Å². The van der Waals surface area contributed by atoms with E-state index >= 15 is 0 Å². The largest absolute Gasteiger partial charge is 0.380 e. The summed E-state index contributed by atoms with van der Waals surface area (Å²) in [6, 6.07) is 2.02. The molecule has 0 aliphatic carbocycles. The van der Waals surface area contributed by atoms with Gasteiger partial charge in [-0.15, -0.1) is 0 Å². The van der Waals surface area contributed by atoms with E-state index in [0.717, 1.165) is 18.2 Å². The molecule has 23 heavy (non-hydrogen) atoms. The molecule has 0 fully saturated rings. The van der Waals surface area contributed by atoms with Crippen molar-refractivity contribution in [2.75, 3.05) is 19.8 Å². The fraction of sp³-hybridized carbons (Fsp3) is 0.462. The summed E-state index contributed by atoms with van der Waals surface area (Å²) < 4.78 is 45.0. The minimum atomic E-state index is -4.07. The quantitative estimate of drug-likeness (QED) is 0.274. The van der Waals surface area contributed by atoms with Crippen molar-refractivity contribution in [3.8, 4) is 0 Å². The highest BCUT2D eigenvalue weighted by Gasteiger charge is 2.25. The Balaban J connectivity index is 2.87. The maximum Gasteiger partial charge on any atom is 0.261 e. The van der Waals surface area contributed by atoms with Crippen LogP contribution in [0.15, 0.2) is 23.1 Å². The third-order valence-corrected chi connectivity index (χ3v) is 4.45. The summed E-state index contributed by atoms with van der Waals surface area (Å²) in [5.41, 5.74) is 6.80. The van der Waals surface area contributed by atoms with Gasteiger partial charge in [0, 0.05) is 13.2 Å². The summed E-state index contributed by atoms with van der Waals surface area (Å²) in [6.45, 7) is 2.04. The molecule has 0 heterocycles. The molecule has 10 heteroatoms. The first-order valence-electron chi connectivity index (χ1n) is 6.82. The topological polar surface area (TPSA) is 131 Å². The van der Waals surface area contributed by atoms with Crippen LogP contribution in [-0.2, 0) is 19.6 Å². The SMILES string of the molecule is Cc1cc(S(=O)(=O)N[C@H](CCOCCN)C(=O)NO)ccc1F. The first kappa shape index (κ1) is 19.5. The molecule has 1 atom stereocenters. The van der Waals surface area contributed by atoms with Crippen molar-refractivity contribution in [2.45, 2.75) is 24.3 Å². The lowest BCUT2D eigenvalue weighted by molar-refractivity contribution is -0.131. The zero-order valence-electron chi connectivity index (χ0n) is 12.6. The number of amides is 1. The predicted octanol–water partition coefficient (Wildman–Crippen LogP) is -0.348. The molecular formula is C13H20FN3O5S. The second-order valence-corrected chi connectivity index (χ2v) is 6.46. The zero-order chi connectivity index (χ0) is 17.5. The van der Waals surface area contributed by atoms with E-state index in [4.69, 9.17) is 15.7 Å². The Bertz CT molecular complexity index is 638. The second kappa shape index (κ2) is 8.89. The van der Waals surface area contributed by atoms with Crippen molar-refractivity contribution in [2.24, 2.45) is 5.73 Å². The molecule has 0 radical (unpaired) electrons. The molecule has 8 nitrogen and oxygen atoms in total. The Kier molecular flexibility index (Phi) is 7.52. The van der Waals surface area contributed by atoms with Gasteiger partial charge in [0.05, 0.1) is 11.5 Å². The van der Waals surface area contributed by atoms with Crippen LogP contribution in [0.2, 0.25) is 0 Å². The molecule has 0 saturated heterocycles. The Morgan fingerprint density at radius 1 is 1.43 bits per heavy atom. The lowest BCUT2D eigenvalue weighted by Crippen LogP contribution is -2.46. The first-order chi connectivity index (χ1) is 10.8. The third kappa shape index (κ3) is 5.84. The molecule has 0 aromatic heterocycles. The fourth-order valence-corrected chi connectivity index (χ4v) is 3.06. The number of aryl methyl sites for hydroxylation is 1. The van der Waals surface area contributed by atoms with Crippen molar-refractivity contribution in [3.05, 3.63) is 29.6 Å². The summed E-state index contributed by atoms with van der Waals surface area (Å²) in [5, 5.41) is 8.71. The number of hydrogen-bond donors (Lipinski definition) is 4. The summed E-state index contributed by atoms with van der Waals surface area (Å²) in [6.07, 6.45) is -0.00813. The molecule has 130 valence electrons. The van der Waals surface area contributed by atoms with E-state index in [9.17, 15) is 17.6 Å². The Morgan fingerprint density at radius 2 is 2.13 bits per heavy atom.